The highest BCUT2D eigenvalue weighted by molar-refractivity contribution is 5.94. The maximum Gasteiger partial charge on any atom is 0.265 e. The van der Waals surface area contributed by atoms with Crippen LogP contribution in [0, 0.1) is 0 Å². The van der Waals surface area contributed by atoms with Crippen LogP contribution < -0.4 is 9.47 Å². The van der Waals surface area contributed by atoms with Crippen molar-refractivity contribution in [1.29, 1.82) is 0 Å². The molecule has 1 aromatic carbocycles. The van der Waals surface area contributed by atoms with E-state index in [1.54, 1.807) is 57.0 Å². The Kier molecular flexibility index (Phi) is 6.26. The first kappa shape index (κ1) is 19.4. The number of carbonyl (C=O) groups is 2. The van der Waals surface area contributed by atoms with Crippen molar-refractivity contribution in [3.05, 3.63) is 59.9 Å². The molecule has 2 aromatic rings. The van der Waals surface area contributed by atoms with Gasteiger partial charge < -0.3 is 9.47 Å². The zero-order valence-corrected chi connectivity index (χ0v) is 16.0. The minimum Gasteiger partial charge on any atom is -0.497 e. The second kappa shape index (κ2) is 9.03. The lowest BCUT2D eigenvalue weighted by atomic mass is 10.1. The molecule has 2 heterocycles. The molecule has 7 heteroatoms. The van der Waals surface area contributed by atoms with Crippen molar-refractivity contribution in [1.82, 2.24) is 15.0 Å². The summed E-state index contributed by atoms with van der Waals surface area (Å²) in [5.74, 6) is 0.936. The van der Waals surface area contributed by atoms with Crippen molar-refractivity contribution in [2.75, 3.05) is 27.3 Å². The molecule has 0 aliphatic carbocycles. The van der Waals surface area contributed by atoms with E-state index in [0.29, 0.717) is 24.6 Å². The molecular formula is C21H23N3O4. The predicted octanol–water partition coefficient (Wildman–Crippen LogP) is 2.33. The molecule has 7 nitrogen and oxygen atoms in total. The lowest BCUT2D eigenvalue weighted by Crippen LogP contribution is -2.44. The maximum atomic E-state index is 12.7. The SMILES string of the molecule is COc1ccc(OC)c(C=CC(=O)N2CCCN2C(=O)Cc2cccnc2)c1. The Morgan fingerprint density at radius 1 is 1.14 bits per heavy atom. The minimum absolute atomic E-state index is 0.119. The molecule has 28 heavy (non-hydrogen) atoms. The monoisotopic (exact) mass is 381 g/mol. The second-order valence-electron chi connectivity index (χ2n) is 6.31. The van der Waals surface area contributed by atoms with Gasteiger partial charge in [0.1, 0.15) is 11.5 Å². The Balaban J connectivity index is 1.71. The number of rotatable bonds is 6. The molecule has 0 saturated carbocycles. The van der Waals surface area contributed by atoms with E-state index in [-0.39, 0.29) is 18.2 Å². The summed E-state index contributed by atoms with van der Waals surface area (Å²) < 4.78 is 10.5. The van der Waals surface area contributed by atoms with Gasteiger partial charge in [-0.15, -0.1) is 0 Å². The summed E-state index contributed by atoms with van der Waals surface area (Å²) in [6.45, 7) is 1.04. The summed E-state index contributed by atoms with van der Waals surface area (Å²) in [7, 11) is 3.15. The highest BCUT2D eigenvalue weighted by atomic mass is 16.5. The molecule has 1 fully saturated rings. The fraction of sp³-hybridized carbons (Fsp3) is 0.286. The topological polar surface area (TPSA) is 72.0 Å². The molecule has 2 amide bonds. The van der Waals surface area contributed by atoms with Gasteiger partial charge in [0.2, 0.25) is 5.91 Å². The van der Waals surface area contributed by atoms with Crippen LogP contribution in [0.2, 0.25) is 0 Å². The van der Waals surface area contributed by atoms with E-state index in [4.69, 9.17) is 9.47 Å². The van der Waals surface area contributed by atoms with Gasteiger partial charge in [0.25, 0.3) is 5.91 Å². The van der Waals surface area contributed by atoms with Gasteiger partial charge in [-0.1, -0.05) is 6.07 Å². The third kappa shape index (κ3) is 4.49. The van der Waals surface area contributed by atoms with Crippen LogP contribution in [0.4, 0.5) is 0 Å². The zero-order valence-electron chi connectivity index (χ0n) is 16.0. The molecule has 1 aromatic heterocycles. The summed E-state index contributed by atoms with van der Waals surface area (Å²) in [6, 6.07) is 9.00. The first-order chi connectivity index (χ1) is 13.6. The van der Waals surface area contributed by atoms with Gasteiger partial charge in [0.05, 0.1) is 20.6 Å². The number of benzene rings is 1. The van der Waals surface area contributed by atoms with Crippen LogP contribution in [0.15, 0.2) is 48.8 Å². The number of nitrogens with zero attached hydrogens (tertiary/aromatic N) is 3. The lowest BCUT2D eigenvalue weighted by Gasteiger charge is -2.27. The number of hydrazine groups is 1. The quantitative estimate of drug-likeness (QED) is 0.718. The Labute approximate surface area is 164 Å². The number of hydrogen-bond acceptors (Lipinski definition) is 5. The van der Waals surface area contributed by atoms with Gasteiger partial charge in [-0.25, -0.2) is 5.01 Å². The number of carbonyl (C=O) groups excluding carboxylic acids is 2. The molecule has 0 bridgehead atoms. The Morgan fingerprint density at radius 2 is 1.96 bits per heavy atom. The van der Waals surface area contributed by atoms with E-state index in [0.717, 1.165) is 17.5 Å². The van der Waals surface area contributed by atoms with Gasteiger partial charge in [-0.2, -0.15) is 0 Å². The number of methoxy groups -OCH3 is 2. The molecule has 3 rings (SSSR count). The van der Waals surface area contributed by atoms with Gasteiger partial charge in [0, 0.05) is 37.1 Å². The molecular weight excluding hydrogens is 358 g/mol. The van der Waals surface area contributed by atoms with Crippen LogP contribution in [-0.2, 0) is 16.0 Å². The van der Waals surface area contributed by atoms with Crippen molar-refractivity contribution in [3.63, 3.8) is 0 Å². The number of hydrogen-bond donors (Lipinski definition) is 0. The van der Waals surface area contributed by atoms with Crippen LogP contribution in [0.5, 0.6) is 11.5 Å². The van der Waals surface area contributed by atoms with Gasteiger partial charge in [-0.05, 0) is 42.3 Å². The zero-order chi connectivity index (χ0) is 19.9. The lowest BCUT2D eigenvalue weighted by molar-refractivity contribution is -0.154. The van der Waals surface area contributed by atoms with Gasteiger partial charge in [-0.3, -0.25) is 19.6 Å². The summed E-state index contributed by atoms with van der Waals surface area (Å²) in [5.41, 5.74) is 1.55. The predicted molar refractivity (Wildman–Crippen MR) is 105 cm³/mol. The van der Waals surface area contributed by atoms with Crippen LogP contribution in [0.1, 0.15) is 17.5 Å². The fourth-order valence-electron chi connectivity index (χ4n) is 3.09. The molecule has 0 N–H and O–H groups in total. The number of ether oxygens (including phenoxy) is 2. The Morgan fingerprint density at radius 3 is 2.68 bits per heavy atom. The maximum absolute atomic E-state index is 12.7. The third-order valence-electron chi connectivity index (χ3n) is 4.49. The standard InChI is InChI=1S/C21H23N3O4/c1-27-18-7-8-19(28-2)17(14-18)6-9-20(25)23-11-4-12-24(23)21(26)13-16-5-3-10-22-15-16/h3,5-10,14-15H,4,11-13H2,1-2H3. The minimum atomic E-state index is -0.248. The second-order valence-corrected chi connectivity index (χ2v) is 6.31. The van der Waals surface area contributed by atoms with Gasteiger partial charge >= 0.3 is 0 Å². The average molecular weight is 381 g/mol. The van der Waals surface area contributed by atoms with E-state index in [9.17, 15) is 9.59 Å². The van der Waals surface area contributed by atoms with Crippen molar-refractivity contribution >= 4 is 17.9 Å². The fourth-order valence-corrected chi connectivity index (χ4v) is 3.09. The molecule has 0 unspecified atom stereocenters. The third-order valence-corrected chi connectivity index (χ3v) is 4.49. The van der Waals surface area contributed by atoms with E-state index in [1.165, 1.54) is 16.1 Å². The van der Waals surface area contributed by atoms with Crippen LogP contribution in [0.25, 0.3) is 6.08 Å². The molecule has 1 saturated heterocycles. The van der Waals surface area contributed by atoms with E-state index in [1.807, 2.05) is 6.07 Å². The summed E-state index contributed by atoms with van der Waals surface area (Å²) >= 11 is 0. The molecule has 1 aliphatic rings. The van der Waals surface area contributed by atoms with Gasteiger partial charge in [0.15, 0.2) is 0 Å². The van der Waals surface area contributed by atoms with Crippen LogP contribution >= 0.6 is 0 Å². The molecule has 0 radical (unpaired) electrons. The Bertz CT molecular complexity index is 867. The highest BCUT2D eigenvalue weighted by Gasteiger charge is 2.29. The van der Waals surface area contributed by atoms with Crippen LogP contribution in [-0.4, -0.2) is 54.1 Å². The van der Waals surface area contributed by atoms with E-state index in [2.05, 4.69) is 4.98 Å². The number of aromatic nitrogens is 1. The normalized spacial score (nSPS) is 13.8. The average Bonchev–Trinajstić information content (AvgIpc) is 3.22. The molecule has 0 atom stereocenters. The first-order valence-electron chi connectivity index (χ1n) is 9.03. The Hall–Kier alpha value is -3.35. The first-order valence-corrected chi connectivity index (χ1v) is 9.03. The van der Waals surface area contributed by atoms with Crippen LogP contribution in [0.3, 0.4) is 0 Å². The van der Waals surface area contributed by atoms with Crippen molar-refractivity contribution in [3.8, 4) is 11.5 Å². The number of pyridine rings is 1. The molecule has 1 aliphatic heterocycles. The highest BCUT2D eigenvalue weighted by Crippen LogP contribution is 2.25. The molecule has 0 spiro atoms. The summed E-state index contributed by atoms with van der Waals surface area (Å²) in [4.78, 5) is 29.4. The van der Waals surface area contributed by atoms with E-state index >= 15 is 0 Å². The largest absolute Gasteiger partial charge is 0.497 e. The van der Waals surface area contributed by atoms with Crippen molar-refractivity contribution < 1.29 is 19.1 Å². The van der Waals surface area contributed by atoms with E-state index < -0.39 is 0 Å². The van der Waals surface area contributed by atoms with Crippen molar-refractivity contribution in [2.45, 2.75) is 12.8 Å². The summed E-state index contributed by atoms with van der Waals surface area (Å²) in [5, 5.41) is 3.00. The van der Waals surface area contributed by atoms with Crippen molar-refractivity contribution in [2.24, 2.45) is 0 Å². The number of amides is 2. The smallest absolute Gasteiger partial charge is 0.265 e. The summed E-state index contributed by atoms with van der Waals surface area (Å²) in [6.07, 6.45) is 7.41. The molecule has 146 valence electrons.